The summed E-state index contributed by atoms with van der Waals surface area (Å²) in [6, 6.07) is 0. The molecule has 2 unspecified atom stereocenters. The van der Waals surface area contributed by atoms with E-state index in [9.17, 15) is 19.7 Å². The third-order valence-electron chi connectivity index (χ3n) is 1.05. The maximum absolute atomic E-state index is 10.2. The Morgan fingerprint density at radius 1 is 1.06 bits per heavy atom. The van der Waals surface area contributed by atoms with Crippen LogP contribution in [0, 0.1) is 0 Å². The summed E-state index contributed by atoms with van der Waals surface area (Å²) < 4.78 is 8.36. The fourth-order valence-corrected chi connectivity index (χ4v) is 1.10. The molecule has 0 aliphatic carbocycles. The van der Waals surface area contributed by atoms with Gasteiger partial charge in [0.2, 0.25) is 0 Å². The average molecular weight is 314 g/mol. The number of hydrogen-bond donors (Lipinski definition) is 5. The molecule has 0 bridgehead atoms. The van der Waals surface area contributed by atoms with Gasteiger partial charge in [-0.15, -0.1) is 0 Å². The molecule has 2 atom stereocenters. The number of rotatable bonds is 8. The molecule has 0 rings (SSSR count). The van der Waals surface area contributed by atoms with Crippen LogP contribution in [0.2, 0.25) is 0 Å². The lowest BCUT2D eigenvalue weighted by atomic mass is 10.6. The minimum Gasteiger partial charge on any atom is -0.786 e. The topological polar surface area (TPSA) is 258 Å². The first-order chi connectivity index (χ1) is 6.91. The Labute approximate surface area is 106 Å². The lowest BCUT2D eigenvalue weighted by molar-refractivity contribution is -0.307. The highest BCUT2D eigenvalue weighted by molar-refractivity contribution is 7.38. The van der Waals surface area contributed by atoms with Gasteiger partial charge in [-0.1, -0.05) is 0 Å². The van der Waals surface area contributed by atoms with Crippen LogP contribution in [-0.2, 0) is 13.8 Å². The van der Waals surface area contributed by atoms with Crippen LogP contribution in [-0.4, -0.2) is 40.7 Å². The standard InChI is InChI=1S/C4H9NO8P2.3H3N/c6-4(7)1-5(2-12-14(8)9)3-13-15(10)11;;;/h8,10H,1-3H2,(H,6,7);3*1H3/q-2;;;/p+2. The molecular weight excluding hydrogens is 294 g/mol. The zero-order chi connectivity index (χ0) is 11.8. The van der Waals surface area contributed by atoms with Crippen LogP contribution < -0.4 is 33.3 Å². The van der Waals surface area contributed by atoms with Crippen LogP contribution in [0.25, 0.3) is 0 Å². The minimum atomic E-state index is -2.88. The summed E-state index contributed by atoms with van der Waals surface area (Å²) in [5.41, 5.74) is 0. The van der Waals surface area contributed by atoms with E-state index in [1.807, 2.05) is 0 Å². The van der Waals surface area contributed by atoms with E-state index in [0.717, 1.165) is 4.90 Å². The summed E-state index contributed by atoms with van der Waals surface area (Å²) in [7, 11) is -5.76. The quantitative estimate of drug-likeness (QED) is 0.229. The fourth-order valence-electron chi connectivity index (χ4n) is 0.573. The fraction of sp³-hybridized carbons (Fsp3) is 0.750. The molecule has 0 saturated carbocycles. The Hall–Kier alpha value is -0.0700. The smallest absolute Gasteiger partial charge is 0.107 e. The van der Waals surface area contributed by atoms with E-state index >= 15 is 0 Å². The second-order valence-corrected chi connectivity index (χ2v) is 3.66. The van der Waals surface area contributed by atoms with Crippen molar-refractivity contribution in [2.75, 3.05) is 20.0 Å². The summed E-state index contributed by atoms with van der Waals surface area (Å²) >= 11 is 0. The normalized spacial score (nSPS) is 12.7. The van der Waals surface area contributed by atoms with Crippen molar-refractivity contribution in [1.82, 2.24) is 23.4 Å². The van der Waals surface area contributed by atoms with E-state index in [2.05, 4.69) is 9.05 Å². The molecule has 0 fully saturated rings. The lowest BCUT2D eigenvalue weighted by Crippen LogP contribution is -2.40. The molecule has 18 heavy (non-hydrogen) atoms. The third-order valence-corrected chi connectivity index (χ3v) is 1.73. The van der Waals surface area contributed by atoms with Crippen LogP contribution >= 0.6 is 17.2 Å². The molecule has 0 aromatic heterocycles. The summed E-state index contributed by atoms with van der Waals surface area (Å²) in [6.45, 7) is -1.74. The van der Waals surface area contributed by atoms with Crippen LogP contribution in [0.15, 0.2) is 0 Å². The molecule has 0 radical (unpaired) electrons. The summed E-state index contributed by atoms with van der Waals surface area (Å²) in [5.74, 6) is -1.48. The monoisotopic (exact) mass is 314 g/mol. The van der Waals surface area contributed by atoms with Crippen molar-refractivity contribution in [1.29, 1.82) is 0 Å². The van der Waals surface area contributed by atoms with Crippen molar-refractivity contribution < 1.29 is 38.5 Å². The number of quaternary nitrogens is 3. The second kappa shape index (κ2) is 15.0. The van der Waals surface area contributed by atoms with Crippen molar-refractivity contribution in [2.45, 2.75) is 0 Å². The zero-order valence-electron chi connectivity index (χ0n) is 10.3. The molecule has 14 N–H and O–H groups in total. The summed E-state index contributed by atoms with van der Waals surface area (Å²) in [4.78, 5) is 47.8. The van der Waals surface area contributed by atoms with E-state index < -0.39 is 43.2 Å². The average Bonchev–Trinajstić information content (AvgIpc) is 2.08. The van der Waals surface area contributed by atoms with Gasteiger partial charge in [0.1, 0.15) is 13.5 Å². The predicted octanol–water partition coefficient (Wildman–Crippen LogP) is -2.73. The van der Waals surface area contributed by atoms with Crippen LogP contribution in [0.1, 0.15) is 0 Å². The third kappa shape index (κ3) is 18.3. The van der Waals surface area contributed by atoms with E-state index in [4.69, 9.17) is 9.79 Å². The Bertz CT molecular complexity index is 186. The van der Waals surface area contributed by atoms with Crippen LogP contribution in [0.3, 0.4) is 0 Å². The Kier molecular flexibility index (Phi) is 22.1. The number of nitrogens with zero attached hydrogens (tertiary/aromatic N) is 1. The maximum Gasteiger partial charge on any atom is 0.107 e. The van der Waals surface area contributed by atoms with Gasteiger partial charge in [-0.05, 0) is 0 Å². The van der Waals surface area contributed by atoms with Crippen molar-refractivity contribution in [3.05, 3.63) is 0 Å². The molecule has 0 spiro atoms. The maximum atomic E-state index is 10.2. The molecule has 12 nitrogen and oxygen atoms in total. The van der Waals surface area contributed by atoms with Gasteiger partial charge in [-0.2, -0.15) is 0 Å². The first kappa shape index (κ1) is 26.5. The molecule has 0 saturated heterocycles. The van der Waals surface area contributed by atoms with Gasteiger partial charge >= 0.3 is 0 Å². The van der Waals surface area contributed by atoms with Gasteiger partial charge < -0.3 is 57.0 Å². The van der Waals surface area contributed by atoms with Gasteiger partial charge in [0.25, 0.3) is 0 Å². The van der Waals surface area contributed by atoms with Crippen LogP contribution in [0.5, 0.6) is 0 Å². The van der Waals surface area contributed by atoms with Crippen molar-refractivity contribution >= 4 is 23.2 Å². The highest BCUT2D eigenvalue weighted by Crippen LogP contribution is 2.21. The van der Waals surface area contributed by atoms with Gasteiger partial charge in [0, 0.05) is 6.54 Å². The van der Waals surface area contributed by atoms with Crippen molar-refractivity contribution in [2.24, 2.45) is 0 Å². The molecule has 0 aromatic rings. The van der Waals surface area contributed by atoms with Crippen molar-refractivity contribution in [3.63, 3.8) is 0 Å². The van der Waals surface area contributed by atoms with E-state index in [1.165, 1.54) is 0 Å². The zero-order valence-corrected chi connectivity index (χ0v) is 12.1. The van der Waals surface area contributed by atoms with Gasteiger partial charge in [-0.3, -0.25) is 4.90 Å². The minimum absolute atomic E-state index is 0. The summed E-state index contributed by atoms with van der Waals surface area (Å²) in [6.07, 6.45) is 0. The van der Waals surface area contributed by atoms with Gasteiger partial charge in [0.05, 0.1) is 23.2 Å². The highest BCUT2D eigenvalue weighted by atomic mass is 31.2. The lowest BCUT2D eigenvalue weighted by Gasteiger charge is -2.26. The number of carboxylic acid groups (broad SMARTS) is 1. The van der Waals surface area contributed by atoms with E-state index in [-0.39, 0.29) is 18.5 Å². The molecule has 14 heteroatoms. The van der Waals surface area contributed by atoms with Gasteiger partial charge in [0.15, 0.2) is 0 Å². The summed E-state index contributed by atoms with van der Waals surface area (Å²) in [5, 5.41) is 10.2. The first-order valence-corrected chi connectivity index (χ1v) is 5.68. The Balaban J connectivity index is -0.000000327. The Morgan fingerprint density at radius 3 is 1.61 bits per heavy atom. The number of carboxylic acids is 1. The molecule has 0 amide bonds. The van der Waals surface area contributed by atoms with Crippen LogP contribution in [0.4, 0.5) is 0 Å². The number of carbonyl (C=O) groups excluding carboxylic acids is 1. The molecule has 0 aromatic carbocycles. The van der Waals surface area contributed by atoms with E-state index in [1.54, 1.807) is 0 Å². The molecular formula is C4H20N4O8P2. The number of hydrogen-bond acceptors (Lipinski definition) is 9. The number of carbonyl (C=O) groups is 1. The largest absolute Gasteiger partial charge is 0.786 e. The highest BCUT2D eigenvalue weighted by Gasteiger charge is 2.06. The first-order valence-electron chi connectivity index (χ1n) is 3.42. The molecule has 0 aliphatic heterocycles. The SMILES string of the molecule is O=C([O-])CN(COP([O-])O)COP([O-])O.[NH4+].[NH4+].[NH4+]. The second-order valence-electron chi connectivity index (χ2n) is 2.19. The number of aliphatic carboxylic acids is 1. The van der Waals surface area contributed by atoms with Crippen molar-refractivity contribution in [3.8, 4) is 0 Å². The Morgan fingerprint density at radius 2 is 1.39 bits per heavy atom. The van der Waals surface area contributed by atoms with Gasteiger partial charge in [-0.25, -0.2) is 0 Å². The van der Waals surface area contributed by atoms with E-state index in [0.29, 0.717) is 0 Å². The molecule has 114 valence electrons. The molecule has 0 heterocycles. The molecule has 0 aliphatic rings. The predicted molar refractivity (Wildman–Crippen MR) is 59.8 cm³/mol.